The average molecular weight is 483 g/mol. The number of carbonyl (C=O) groups is 2. The highest BCUT2D eigenvalue weighted by Crippen LogP contribution is 2.20. The quantitative estimate of drug-likeness (QED) is 0.420. The lowest BCUT2D eigenvalue weighted by Crippen LogP contribution is -2.51. The molecule has 0 radical (unpaired) electrons. The Morgan fingerprint density at radius 3 is 2.26 bits per heavy atom. The van der Waals surface area contributed by atoms with Crippen LogP contribution >= 0.6 is 11.8 Å². The second-order valence-electron chi connectivity index (χ2n) is 7.83. The van der Waals surface area contributed by atoms with Gasteiger partial charge in [-0.05, 0) is 41.8 Å². The largest absolute Gasteiger partial charge is 0.355 e. The topological polar surface area (TPSA) is 49.4 Å². The Morgan fingerprint density at radius 1 is 0.912 bits per heavy atom. The molecule has 0 bridgehead atoms. The minimum Gasteiger partial charge on any atom is -0.355 e. The maximum Gasteiger partial charge on any atom is 0.243 e. The van der Waals surface area contributed by atoms with Crippen molar-refractivity contribution in [1.29, 1.82) is 0 Å². The maximum absolute atomic E-state index is 14.0. The zero-order chi connectivity index (χ0) is 24.3. The van der Waals surface area contributed by atoms with E-state index < -0.39 is 6.04 Å². The lowest BCUT2D eigenvalue weighted by molar-refractivity contribution is -0.139. The Kier molecular flexibility index (Phi) is 9.64. The van der Waals surface area contributed by atoms with Gasteiger partial charge in [-0.3, -0.25) is 9.59 Å². The molecule has 0 aliphatic heterocycles. The van der Waals surface area contributed by atoms with Gasteiger partial charge in [0, 0.05) is 25.3 Å². The predicted octanol–water partition coefficient (Wildman–Crippen LogP) is 4.97. The summed E-state index contributed by atoms with van der Waals surface area (Å²) in [5, 5.41) is 2.84. The molecule has 2 amide bonds. The molecule has 3 aromatic carbocycles. The van der Waals surface area contributed by atoms with Crippen LogP contribution in [0.2, 0.25) is 0 Å². The van der Waals surface area contributed by atoms with Gasteiger partial charge in [-0.15, -0.1) is 11.8 Å². The Labute approximate surface area is 203 Å². The molecule has 3 rings (SSSR count). The van der Waals surface area contributed by atoms with Crippen molar-refractivity contribution in [3.05, 3.63) is 107 Å². The molecule has 0 spiro atoms. The highest BCUT2D eigenvalue weighted by atomic mass is 32.2. The highest BCUT2D eigenvalue weighted by molar-refractivity contribution is 7.99. The first-order valence-electron chi connectivity index (χ1n) is 11.1. The van der Waals surface area contributed by atoms with Gasteiger partial charge in [0.05, 0.1) is 5.75 Å². The molecule has 4 nitrogen and oxygen atoms in total. The molecular formula is C27H28F2N2O2S. The minimum atomic E-state index is -0.742. The lowest BCUT2D eigenvalue weighted by atomic mass is 10.0. The van der Waals surface area contributed by atoms with E-state index >= 15 is 0 Å². The first-order chi connectivity index (χ1) is 16.5. The van der Waals surface area contributed by atoms with Crippen LogP contribution in [0.5, 0.6) is 0 Å². The van der Waals surface area contributed by atoms with Crippen LogP contribution in [0.25, 0.3) is 0 Å². The van der Waals surface area contributed by atoms with Crippen LogP contribution in [0.3, 0.4) is 0 Å². The van der Waals surface area contributed by atoms with Gasteiger partial charge in [-0.1, -0.05) is 60.7 Å². The zero-order valence-corrected chi connectivity index (χ0v) is 19.9. The Morgan fingerprint density at radius 2 is 1.59 bits per heavy atom. The smallest absolute Gasteiger partial charge is 0.243 e. The molecule has 0 unspecified atom stereocenters. The van der Waals surface area contributed by atoms with Crippen molar-refractivity contribution in [2.45, 2.75) is 31.7 Å². The molecule has 0 fully saturated rings. The van der Waals surface area contributed by atoms with Gasteiger partial charge in [0.2, 0.25) is 11.8 Å². The summed E-state index contributed by atoms with van der Waals surface area (Å²) in [6, 6.07) is 21.1. The number of nitrogens with zero attached hydrogens (tertiary/aromatic N) is 1. The first-order valence-corrected chi connectivity index (χ1v) is 12.3. The number of benzene rings is 3. The van der Waals surface area contributed by atoms with Crippen molar-refractivity contribution in [2.75, 3.05) is 12.3 Å². The number of hydrogen-bond acceptors (Lipinski definition) is 3. The normalized spacial score (nSPS) is 11.6. The van der Waals surface area contributed by atoms with Crippen molar-refractivity contribution in [1.82, 2.24) is 10.2 Å². The monoisotopic (exact) mass is 482 g/mol. The van der Waals surface area contributed by atoms with Gasteiger partial charge >= 0.3 is 0 Å². The molecule has 1 N–H and O–H groups in total. The van der Waals surface area contributed by atoms with Gasteiger partial charge < -0.3 is 10.2 Å². The molecule has 3 aromatic rings. The molecular weight excluding hydrogens is 454 g/mol. The minimum absolute atomic E-state index is 0.0836. The van der Waals surface area contributed by atoms with E-state index in [-0.39, 0.29) is 35.7 Å². The average Bonchev–Trinajstić information content (AvgIpc) is 2.84. The van der Waals surface area contributed by atoms with Crippen LogP contribution in [-0.4, -0.2) is 35.1 Å². The number of thioether (sulfide) groups is 1. The van der Waals surface area contributed by atoms with Crippen LogP contribution in [0, 0.1) is 11.6 Å². The van der Waals surface area contributed by atoms with Gasteiger partial charge in [-0.2, -0.15) is 0 Å². The van der Waals surface area contributed by atoms with Crippen molar-refractivity contribution in [2.24, 2.45) is 0 Å². The van der Waals surface area contributed by atoms with Gasteiger partial charge in [0.1, 0.15) is 17.7 Å². The molecule has 7 heteroatoms. The van der Waals surface area contributed by atoms with E-state index in [1.165, 1.54) is 30.0 Å². The van der Waals surface area contributed by atoms with Crippen LogP contribution in [0.4, 0.5) is 8.78 Å². The first kappa shape index (κ1) is 25.4. The Hall–Kier alpha value is -3.19. The summed E-state index contributed by atoms with van der Waals surface area (Å²) < 4.78 is 27.4. The maximum atomic E-state index is 14.0. The fourth-order valence-electron chi connectivity index (χ4n) is 3.58. The van der Waals surface area contributed by atoms with Crippen molar-refractivity contribution >= 4 is 23.6 Å². The van der Waals surface area contributed by atoms with E-state index in [1.807, 2.05) is 37.3 Å². The van der Waals surface area contributed by atoms with Crippen LogP contribution in [-0.2, 0) is 28.3 Å². The summed E-state index contributed by atoms with van der Waals surface area (Å²) in [5.41, 5.74) is 2.17. The lowest BCUT2D eigenvalue weighted by Gasteiger charge is -2.31. The molecule has 0 heterocycles. The van der Waals surface area contributed by atoms with E-state index in [9.17, 15) is 18.4 Å². The second kappa shape index (κ2) is 12.9. The standard InChI is InChI=1S/C27H28F2N2O2S/c1-2-30-27(33)25(16-20-8-4-3-5-9-20)31(17-21-12-14-23(28)15-13-21)26(32)19-34-18-22-10-6-7-11-24(22)29/h3-15,25H,2,16-19H2,1H3,(H,30,33)/t25-/m0/s1. The number of hydrogen-bond donors (Lipinski definition) is 1. The van der Waals surface area contributed by atoms with Crippen LogP contribution in [0.1, 0.15) is 23.6 Å². The summed E-state index contributed by atoms with van der Waals surface area (Å²) >= 11 is 1.30. The molecule has 0 aromatic heterocycles. The van der Waals surface area contributed by atoms with E-state index in [4.69, 9.17) is 0 Å². The third-order valence-corrected chi connectivity index (χ3v) is 6.30. The third-order valence-electron chi connectivity index (χ3n) is 5.33. The predicted molar refractivity (Wildman–Crippen MR) is 132 cm³/mol. The van der Waals surface area contributed by atoms with Crippen molar-refractivity contribution in [3.63, 3.8) is 0 Å². The Bertz CT molecular complexity index is 1080. The highest BCUT2D eigenvalue weighted by Gasteiger charge is 2.30. The number of halogens is 2. The number of amides is 2. The number of nitrogens with one attached hydrogen (secondary N) is 1. The third kappa shape index (κ3) is 7.42. The summed E-state index contributed by atoms with van der Waals surface area (Å²) in [6.45, 7) is 2.42. The molecule has 0 saturated heterocycles. The number of carbonyl (C=O) groups excluding carboxylic acids is 2. The van der Waals surface area contributed by atoms with Gasteiger partial charge in [0.25, 0.3) is 0 Å². The second-order valence-corrected chi connectivity index (χ2v) is 8.82. The summed E-state index contributed by atoms with van der Waals surface area (Å²) in [4.78, 5) is 28.0. The van der Waals surface area contributed by atoms with Gasteiger partial charge in [-0.25, -0.2) is 8.78 Å². The molecule has 0 aliphatic rings. The summed E-state index contributed by atoms with van der Waals surface area (Å²) in [5.74, 6) is -0.742. The molecule has 178 valence electrons. The number of likely N-dealkylation sites (N-methyl/N-ethyl adjacent to an activating group) is 1. The van der Waals surface area contributed by atoms with Crippen LogP contribution < -0.4 is 5.32 Å². The van der Waals surface area contributed by atoms with E-state index in [2.05, 4.69) is 5.32 Å². The molecule has 0 aliphatic carbocycles. The van der Waals surface area contributed by atoms with E-state index in [0.29, 0.717) is 24.3 Å². The summed E-state index contributed by atoms with van der Waals surface area (Å²) in [6.07, 6.45) is 0.345. The van der Waals surface area contributed by atoms with Crippen molar-refractivity contribution in [3.8, 4) is 0 Å². The fraction of sp³-hybridized carbons (Fsp3) is 0.259. The number of rotatable bonds is 11. The zero-order valence-electron chi connectivity index (χ0n) is 19.0. The molecule has 34 heavy (non-hydrogen) atoms. The van der Waals surface area contributed by atoms with Gasteiger partial charge in [0.15, 0.2) is 0 Å². The SMILES string of the molecule is CCNC(=O)[C@H](Cc1ccccc1)N(Cc1ccc(F)cc1)C(=O)CSCc1ccccc1F. The van der Waals surface area contributed by atoms with Crippen LogP contribution in [0.15, 0.2) is 78.9 Å². The Balaban J connectivity index is 1.82. The van der Waals surface area contributed by atoms with E-state index in [1.54, 1.807) is 35.2 Å². The van der Waals surface area contributed by atoms with E-state index in [0.717, 1.165) is 11.1 Å². The van der Waals surface area contributed by atoms with Crippen molar-refractivity contribution < 1.29 is 18.4 Å². The fourth-order valence-corrected chi connectivity index (χ4v) is 4.48. The summed E-state index contributed by atoms with van der Waals surface area (Å²) in [7, 11) is 0. The molecule has 0 saturated carbocycles. The molecule has 1 atom stereocenters.